The summed E-state index contributed by atoms with van der Waals surface area (Å²) in [5.74, 6) is 0.746. The number of anilines is 1. The van der Waals surface area contributed by atoms with Crippen molar-refractivity contribution in [3.05, 3.63) is 12.0 Å². The second-order valence-electron chi connectivity index (χ2n) is 3.53. The highest BCUT2D eigenvalue weighted by Gasteiger charge is 2.18. The molecule has 0 fully saturated rings. The smallest absolute Gasteiger partial charge is 0.206 e. The number of unbranched alkanes of at least 4 members (excludes halogenated alkanes) is 1. The molecule has 0 aliphatic carbocycles. The number of hydrogen-bond donors (Lipinski definition) is 1. The molecule has 0 aromatic carbocycles. The third kappa shape index (κ3) is 1.91. The van der Waals surface area contributed by atoms with Crippen LogP contribution in [0, 0.1) is 0 Å². The average Bonchev–Trinajstić information content (AvgIpc) is 2.55. The van der Waals surface area contributed by atoms with Crippen LogP contribution in [0.1, 0.15) is 30.3 Å². The molecule has 1 aromatic rings. The van der Waals surface area contributed by atoms with Crippen molar-refractivity contribution in [2.75, 3.05) is 11.9 Å². The minimum absolute atomic E-state index is 0.0264. The number of carbonyl (C=O) groups excluding carboxylic acids is 1. The number of ketones is 1. The second-order valence-corrected chi connectivity index (χ2v) is 3.53. The molecule has 0 unspecified atom stereocenters. The summed E-state index contributed by atoms with van der Waals surface area (Å²) in [5.41, 5.74) is 0.503. The van der Waals surface area contributed by atoms with E-state index < -0.39 is 0 Å². The third-order valence-corrected chi connectivity index (χ3v) is 2.38. The number of imidazole rings is 1. The fourth-order valence-corrected chi connectivity index (χ4v) is 1.55. The first kappa shape index (κ1) is 9.89. The molecule has 5 nitrogen and oxygen atoms in total. The van der Waals surface area contributed by atoms with Crippen LogP contribution in [0.15, 0.2) is 11.3 Å². The maximum absolute atomic E-state index is 11.6. The molecule has 2 rings (SSSR count). The number of aromatic nitrogens is 2. The van der Waals surface area contributed by atoms with Gasteiger partial charge in [0.25, 0.3) is 0 Å². The Kier molecular flexibility index (Phi) is 2.80. The van der Waals surface area contributed by atoms with Gasteiger partial charge in [0.1, 0.15) is 12.4 Å². The Morgan fingerprint density at radius 2 is 2.47 bits per heavy atom. The Morgan fingerprint density at radius 3 is 3.27 bits per heavy atom. The van der Waals surface area contributed by atoms with E-state index in [2.05, 4.69) is 22.2 Å². The number of carbonyl (C=O) groups is 1. The van der Waals surface area contributed by atoms with E-state index in [4.69, 9.17) is 0 Å². The lowest BCUT2D eigenvalue weighted by Gasteiger charge is -2.06. The number of hydrogen-bond acceptors (Lipinski definition) is 4. The predicted octanol–water partition coefficient (Wildman–Crippen LogP) is 1.32. The lowest BCUT2D eigenvalue weighted by molar-refractivity contribution is 0.0999. The van der Waals surface area contributed by atoms with E-state index >= 15 is 0 Å². The van der Waals surface area contributed by atoms with Crippen molar-refractivity contribution in [3.63, 3.8) is 0 Å². The van der Waals surface area contributed by atoms with Gasteiger partial charge in [-0.05, 0) is 6.42 Å². The number of nitrogens with zero attached hydrogens (tertiary/aromatic N) is 3. The number of nitrogens with one attached hydrogen (secondary N) is 1. The molecule has 0 bridgehead atoms. The highest BCUT2D eigenvalue weighted by Crippen LogP contribution is 2.17. The molecule has 0 atom stereocenters. The van der Waals surface area contributed by atoms with Crippen LogP contribution >= 0.6 is 0 Å². The van der Waals surface area contributed by atoms with Crippen molar-refractivity contribution < 1.29 is 4.79 Å². The summed E-state index contributed by atoms with van der Waals surface area (Å²) >= 11 is 0. The van der Waals surface area contributed by atoms with Crippen molar-refractivity contribution in [2.45, 2.75) is 26.3 Å². The van der Waals surface area contributed by atoms with Crippen molar-refractivity contribution >= 4 is 17.9 Å². The van der Waals surface area contributed by atoms with Crippen LogP contribution in [0.3, 0.4) is 0 Å². The summed E-state index contributed by atoms with van der Waals surface area (Å²) in [6, 6.07) is 0. The van der Waals surface area contributed by atoms with Crippen LogP contribution in [-0.2, 0) is 6.54 Å². The molecule has 1 aliphatic rings. The average molecular weight is 206 g/mol. The van der Waals surface area contributed by atoms with Crippen molar-refractivity contribution in [1.82, 2.24) is 9.55 Å². The Balaban J connectivity index is 2.27. The maximum Gasteiger partial charge on any atom is 0.206 e. The number of aliphatic imine (C=N–C) groups is 1. The van der Waals surface area contributed by atoms with E-state index in [0.29, 0.717) is 5.69 Å². The Hall–Kier alpha value is -1.65. The number of rotatable bonds is 3. The first-order valence-corrected chi connectivity index (χ1v) is 5.16. The Labute approximate surface area is 88.2 Å². The summed E-state index contributed by atoms with van der Waals surface area (Å²) in [6.07, 6.45) is 5.48. The quantitative estimate of drug-likeness (QED) is 0.811. The van der Waals surface area contributed by atoms with Crippen molar-refractivity contribution in [1.29, 1.82) is 0 Å². The molecular weight excluding hydrogens is 192 g/mol. The lowest BCUT2D eigenvalue weighted by Crippen LogP contribution is -2.07. The van der Waals surface area contributed by atoms with Gasteiger partial charge in [-0.3, -0.25) is 9.79 Å². The topological polar surface area (TPSA) is 59.3 Å². The Bertz CT molecular complexity index is 394. The first-order valence-electron chi connectivity index (χ1n) is 5.16. The normalized spacial score (nSPS) is 14.6. The van der Waals surface area contributed by atoms with Gasteiger partial charge in [-0.15, -0.1) is 0 Å². The molecule has 0 spiro atoms. The summed E-state index contributed by atoms with van der Waals surface area (Å²) in [5, 5.41) is 3.00. The van der Waals surface area contributed by atoms with E-state index in [9.17, 15) is 4.79 Å². The number of fused-ring (bicyclic) bond motifs is 1. The van der Waals surface area contributed by atoms with Gasteiger partial charge in [0.05, 0.1) is 12.7 Å². The van der Waals surface area contributed by atoms with Gasteiger partial charge >= 0.3 is 0 Å². The molecule has 1 aliphatic heterocycles. The van der Waals surface area contributed by atoms with Crippen LogP contribution in [0.5, 0.6) is 0 Å². The van der Waals surface area contributed by atoms with Gasteiger partial charge in [0.2, 0.25) is 5.78 Å². The van der Waals surface area contributed by atoms with E-state index in [-0.39, 0.29) is 12.3 Å². The molecule has 2 heterocycles. The zero-order chi connectivity index (χ0) is 10.7. The molecule has 0 saturated heterocycles. The summed E-state index contributed by atoms with van der Waals surface area (Å²) < 4.78 is 1.97. The monoisotopic (exact) mass is 206 g/mol. The molecule has 5 heteroatoms. The van der Waals surface area contributed by atoms with Crippen molar-refractivity contribution in [2.24, 2.45) is 4.99 Å². The summed E-state index contributed by atoms with van der Waals surface area (Å²) in [6.45, 7) is 3.20. The van der Waals surface area contributed by atoms with Crippen molar-refractivity contribution in [3.8, 4) is 0 Å². The zero-order valence-electron chi connectivity index (χ0n) is 8.73. The molecule has 15 heavy (non-hydrogen) atoms. The summed E-state index contributed by atoms with van der Waals surface area (Å²) in [4.78, 5) is 19.6. The molecule has 0 saturated carbocycles. The molecular formula is C10H14N4O. The SMILES string of the molecule is CCCCn1cnc2c1NC=NCC2=O. The largest absolute Gasteiger partial charge is 0.331 e. The molecule has 1 N–H and O–H groups in total. The van der Waals surface area contributed by atoms with Gasteiger partial charge in [0, 0.05) is 6.54 Å². The minimum Gasteiger partial charge on any atom is -0.331 e. The first-order chi connectivity index (χ1) is 7.33. The van der Waals surface area contributed by atoms with Gasteiger partial charge in [-0.1, -0.05) is 13.3 Å². The fourth-order valence-electron chi connectivity index (χ4n) is 1.55. The van der Waals surface area contributed by atoms with Gasteiger partial charge in [0.15, 0.2) is 5.69 Å². The maximum atomic E-state index is 11.6. The zero-order valence-corrected chi connectivity index (χ0v) is 8.73. The molecule has 0 radical (unpaired) electrons. The van der Waals surface area contributed by atoms with E-state index in [0.717, 1.165) is 25.2 Å². The standard InChI is InChI=1S/C10H14N4O/c1-2-3-4-14-7-13-9-8(15)5-11-6-12-10(9)14/h6-7H,2-5H2,1H3,(H,11,12). The summed E-state index contributed by atoms with van der Waals surface area (Å²) in [7, 11) is 0. The number of aryl methyl sites for hydroxylation is 1. The lowest BCUT2D eigenvalue weighted by atomic mass is 10.3. The van der Waals surface area contributed by atoms with Crippen LogP contribution in [0.2, 0.25) is 0 Å². The molecule has 0 amide bonds. The van der Waals surface area contributed by atoms with Crippen LogP contribution in [-0.4, -0.2) is 28.2 Å². The predicted molar refractivity (Wildman–Crippen MR) is 58.4 cm³/mol. The van der Waals surface area contributed by atoms with Gasteiger partial charge in [-0.2, -0.15) is 0 Å². The highest BCUT2D eigenvalue weighted by atomic mass is 16.1. The van der Waals surface area contributed by atoms with Gasteiger partial charge < -0.3 is 9.88 Å². The van der Waals surface area contributed by atoms with E-state index in [1.807, 2.05) is 4.57 Å². The number of Topliss-reactive ketones (excluding diaryl/α,β-unsaturated/α-hetero) is 1. The van der Waals surface area contributed by atoms with Crippen LogP contribution in [0.4, 0.5) is 5.82 Å². The van der Waals surface area contributed by atoms with E-state index in [1.165, 1.54) is 0 Å². The third-order valence-electron chi connectivity index (χ3n) is 2.38. The van der Waals surface area contributed by atoms with Crippen LogP contribution < -0.4 is 5.32 Å². The second kappa shape index (κ2) is 4.25. The molecule has 80 valence electrons. The Morgan fingerprint density at radius 1 is 1.60 bits per heavy atom. The minimum atomic E-state index is -0.0264. The molecule has 1 aromatic heterocycles. The van der Waals surface area contributed by atoms with E-state index in [1.54, 1.807) is 12.7 Å². The fraction of sp³-hybridized carbons (Fsp3) is 0.500. The van der Waals surface area contributed by atoms with Gasteiger partial charge in [-0.25, -0.2) is 4.98 Å². The van der Waals surface area contributed by atoms with Crippen LogP contribution in [0.25, 0.3) is 0 Å². The highest BCUT2D eigenvalue weighted by molar-refractivity contribution is 6.03.